The molecule has 0 amide bonds. The Balaban J connectivity index is 1.99. The number of aryl methyl sites for hydroxylation is 3. The number of benzene rings is 1. The van der Waals surface area contributed by atoms with Crippen LogP contribution < -0.4 is 5.32 Å². The Morgan fingerprint density at radius 3 is 2.71 bits per heavy atom. The summed E-state index contributed by atoms with van der Waals surface area (Å²) >= 11 is 5.56. The van der Waals surface area contributed by atoms with Crippen molar-refractivity contribution in [2.45, 2.75) is 52.1 Å². The van der Waals surface area contributed by atoms with Crippen LogP contribution in [0.15, 0.2) is 22.7 Å². The van der Waals surface area contributed by atoms with Crippen molar-refractivity contribution in [3.8, 4) is 0 Å². The standard InChI is InChI=1S/C17H21BrN2S/c1-4-15-11(3)21-17(20-15)16(19-12-6-7-12)13-8-5-10(2)9-14(13)18/h5,8-9,12,16,19H,4,6-7H2,1-3H3. The maximum atomic E-state index is 4.88. The Labute approximate surface area is 139 Å². The van der Waals surface area contributed by atoms with Crippen LogP contribution in [0.4, 0.5) is 0 Å². The van der Waals surface area contributed by atoms with E-state index < -0.39 is 0 Å². The summed E-state index contributed by atoms with van der Waals surface area (Å²) in [5.74, 6) is 0. The molecule has 112 valence electrons. The molecule has 0 bridgehead atoms. The minimum atomic E-state index is 0.205. The molecule has 21 heavy (non-hydrogen) atoms. The van der Waals surface area contributed by atoms with Gasteiger partial charge in [-0.05, 0) is 50.3 Å². The summed E-state index contributed by atoms with van der Waals surface area (Å²) in [4.78, 5) is 6.23. The number of rotatable bonds is 5. The topological polar surface area (TPSA) is 24.9 Å². The van der Waals surface area contributed by atoms with Crippen molar-refractivity contribution in [2.75, 3.05) is 0 Å². The molecule has 1 N–H and O–H groups in total. The van der Waals surface area contributed by atoms with E-state index in [0.717, 1.165) is 6.42 Å². The van der Waals surface area contributed by atoms with Crippen molar-refractivity contribution in [1.82, 2.24) is 10.3 Å². The first-order valence-corrected chi connectivity index (χ1v) is 9.17. The Morgan fingerprint density at radius 2 is 2.14 bits per heavy atom. The second-order valence-electron chi connectivity index (χ2n) is 5.81. The highest BCUT2D eigenvalue weighted by Crippen LogP contribution is 2.35. The van der Waals surface area contributed by atoms with E-state index in [1.165, 1.54) is 44.0 Å². The molecule has 1 saturated carbocycles. The molecule has 1 aliphatic carbocycles. The number of aromatic nitrogens is 1. The van der Waals surface area contributed by atoms with Crippen LogP contribution >= 0.6 is 27.3 Å². The van der Waals surface area contributed by atoms with E-state index in [4.69, 9.17) is 4.98 Å². The number of hydrogen-bond donors (Lipinski definition) is 1. The lowest BCUT2D eigenvalue weighted by Crippen LogP contribution is -2.24. The quantitative estimate of drug-likeness (QED) is 0.813. The van der Waals surface area contributed by atoms with Crippen LogP contribution in [-0.4, -0.2) is 11.0 Å². The number of nitrogens with one attached hydrogen (secondary N) is 1. The van der Waals surface area contributed by atoms with Crippen molar-refractivity contribution >= 4 is 27.3 Å². The molecule has 0 saturated heterocycles. The summed E-state index contributed by atoms with van der Waals surface area (Å²) in [6.07, 6.45) is 3.57. The van der Waals surface area contributed by atoms with Crippen LogP contribution in [0.25, 0.3) is 0 Å². The van der Waals surface area contributed by atoms with Crippen molar-refractivity contribution in [1.29, 1.82) is 0 Å². The molecule has 1 aromatic carbocycles. The fraction of sp³-hybridized carbons (Fsp3) is 0.471. The van der Waals surface area contributed by atoms with Gasteiger partial charge in [0.2, 0.25) is 0 Å². The van der Waals surface area contributed by atoms with Gasteiger partial charge in [0, 0.05) is 15.4 Å². The molecule has 0 radical (unpaired) electrons. The van der Waals surface area contributed by atoms with E-state index in [2.05, 4.69) is 60.2 Å². The summed E-state index contributed by atoms with van der Waals surface area (Å²) in [6, 6.07) is 7.46. The van der Waals surface area contributed by atoms with E-state index in [1.807, 2.05) is 11.3 Å². The highest BCUT2D eigenvalue weighted by atomic mass is 79.9. The molecule has 2 nitrogen and oxygen atoms in total. The van der Waals surface area contributed by atoms with Gasteiger partial charge in [0.05, 0.1) is 11.7 Å². The lowest BCUT2D eigenvalue weighted by atomic mass is 10.1. The zero-order valence-corrected chi connectivity index (χ0v) is 15.1. The van der Waals surface area contributed by atoms with Crippen LogP contribution in [0.1, 0.15) is 52.5 Å². The molecule has 1 aliphatic rings. The largest absolute Gasteiger partial charge is 0.301 e. The molecule has 3 rings (SSSR count). The van der Waals surface area contributed by atoms with E-state index in [1.54, 1.807) is 0 Å². The van der Waals surface area contributed by atoms with Crippen molar-refractivity contribution in [2.24, 2.45) is 0 Å². The molecular weight excluding hydrogens is 344 g/mol. The first kappa shape index (κ1) is 15.2. The summed E-state index contributed by atoms with van der Waals surface area (Å²) in [5.41, 5.74) is 3.81. The highest BCUT2D eigenvalue weighted by molar-refractivity contribution is 9.10. The smallest absolute Gasteiger partial charge is 0.115 e. The van der Waals surface area contributed by atoms with Crippen LogP contribution in [-0.2, 0) is 6.42 Å². The number of thiazole rings is 1. The third kappa shape index (κ3) is 3.38. The Morgan fingerprint density at radius 1 is 1.38 bits per heavy atom. The summed E-state index contributed by atoms with van der Waals surface area (Å²) in [7, 11) is 0. The first-order chi connectivity index (χ1) is 10.1. The van der Waals surface area contributed by atoms with Gasteiger partial charge in [0.15, 0.2) is 0 Å². The number of nitrogens with zero attached hydrogens (tertiary/aromatic N) is 1. The van der Waals surface area contributed by atoms with E-state index in [0.29, 0.717) is 6.04 Å². The van der Waals surface area contributed by atoms with Gasteiger partial charge >= 0.3 is 0 Å². The van der Waals surface area contributed by atoms with Gasteiger partial charge in [0.1, 0.15) is 5.01 Å². The third-order valence-electron chi connectivity index (χ3n) is 3.94. The summed E-state index contributed by atoms with van der Waals surface area (Å²) < 4.78 is 1.17. The lowest BCUT2D eigenvalue weighted by Gasteiger charge is -2.18. The Bertz CT molecular complexity index is 646. The number of hydrogen-bond acceptors (Lipinski definition) is 3. The maximum Gasteiger partial charge on any atom is 0.115 e. The third-order valence-corrected chi connectivity index (χ3v) is 5.70. The van der Waals surface area contributed by atoms with Crippen molar-refractivity contribution < 1.29 is 0 Å². The second-order valence-corrected chi connectivity index (χ2v) is 7.90. The predicted molar refractivity (Wildman–Crippen MR) is 93.1 cm³/mol. The van der Waals surface area contributed by atoms with E-state index in [9.17, 15) is 0 Å². The zero-order chi connectivity index (χ0) is 15.0. The molecule has 0 spiro atoms. The Hall–Kier alpha value is -0.710. The SMILES string of the molecule is CCc1nc(C(NC2CC2)c2ccc(C)cc2Br)sc1C. The predicted octanol–water partition coefficient (Wildman–Crippen LogP) is 4.93. The van der Waals surface area contributed by atoms with Crippen LogP contribution in [0.5, 0.6) is 0 Å². The molecule has 1 fully saturated rings. The van der Waals surface area contributed by atoms with Crippen molar-refractivity contribution in [3.05, 3.63) is 49.4 Å². The second kappa shape index (κ2) is 6.19. The van der Waals surface area contributed by atoms with E-state index in [-0.39, 0.29) is 6.04 Å². The minimum absolute atomic E-state index is 0.205. The molecule has 1 atom stereocenters. The van der Waals surface area contributed by atoms with Crippen LogP contribution in [0.3, 0.4) is 0 Å². The average Bonchev–Trinajstić information content (AvgIpc) is 3.18. The van der Waals surface area contributed by atoms with Gasteiger partial charge in [-0.1, -0.05) is 35.0 Å². The first-order valence-electron chi connectivity index (χ1n) is 7.56. The monoisotopic (exact) mass is 364 g/mol. The van der Waals surface area contributed by atoms with Gasteiger partial charge in [-0.2, -0.15) is 0 Å². The number of halogens is 1. The molecule has 4 heteroatoms. The van der Waals surface area contributed by atoms with Crippen molar-refractivity contribution in [3.63, 3.8) is 0 Å². The molecule has 0 aliphatic heterocycles. The summed E-state index contributed by atoms with van der Waals surface area (Å²) in [6.45, 7) is 6.48. The normalized spacial score (nSPS) is 16.2. The zero-order valence-electron chi connectivity index (χ0n) is 12.7. The molecular formula is C17H21BrN2S. The van der Waals surface area contributed by atoms with Gasteiger partial charge in [0.25, 0.3) is 0 Å². The fourth-order valence-corrected chi connectivity index (χ4v) is 4.36. The molecule has 1 unspecified atom stereocenters. The highest BCUT2D eigenvalue weighted by Gasteiger charge is 2.29. The van der Waals surface area contributed by atoms with Gasteiger partial charge in [-0.25, -0.2) is 4.98 Å². The summed E-state index contributed by atoms with van der Waals surface area (Å²) in [5, 5.41) is 4.96. The lowest BCUT2D eigenvalue weighted by molar-refractivity contribution is 0.595. The maximum absolute atomic E-state index is 4.88. The van der Waals surface area contributed by atoms with Gasteiger partial charge in [-0.15, -0.1) is 11.3 Å². The van der Waals surface area contributed by atoms with Gasteiger partial charge < -0.3 is 5.32 Å². The molecule has 1 aromatic heterocycles. The van der Waals surface area contributed by atoms with Crippen LogP contribution in [0, 0.1) is 13.8 Å². The molecule has 1 heterocycles. The fourth-order valence-electron chi connectivity index (χ4n) is 2.55. The minimum Gasteiger partial charge on any atom is -0.301 e. The van der Waals surface area contributed by atoms with Gasteiger partial charge in [-0.3, -0.25) is 0 Å². The molecule has 2 aromatic rings. The van der Waals surface area contributed by atoms with Crippen LogP contribution in [0.2, 0.25) is 0 Å². The Kier molecular flexibility index (Phi) is 4.48. The van der Waals surface area contributed by atoms with E-state index >= 15 is 0 Å². The average molecular weight is 365 g/mol.